The van der Waals surface area contributed by atoms with E-state index in [9.17, 15) is 18.8 Å². The Balaban J connectivity index is 2.19. The van der Waals surface area contributed by atoms with E-state index < -0.39 is 30.0 Å². The molecule has 7 nitrogen and oxygen atoms in total. The highest BCUT2D eigenvalue weighted by molar-refractivity contribution is 6.05. The van der Waals surface area contributed by atoms with Crippen LogP contribution in [0, 0.1) is 0 Å². The van der Waals surface area contributed by atoms with Crippen molar-refractivity contribution in [3.05, 3.63) is 0 Å². The summed E-state index contributed by atoms with van der Waals surface area (Å²) in [7, 11) is 0. The molecule has 2 N–H and O–H groups in total. The number of amides is 3. The Bertz CT molecular complexity index is 427. The van der Waals surface area contributed by atoms with Crippen molar-refractivity contribution < 1.29 is 28.6 Å². The molecule has 1 aliphatic rings. The monoisotopic (exact) mass is 318 g/mol. The van der Waals surface area contributed by atoms with Crippen LogP contribution in [0.1, 0.15) is 33.1 Å². The van der Waals surface area contributed by atoms with Gasteiger partial charge in [-0.15, -0.1) is 0 Å². The van der Waals surface area contributed by atoms with Crippen LogP contribution in [-0.4, -0.2) is 65.8 Å². The van der Waals surface area contributed by atoms with Crippen molar-refractivity contribution in [3.8, 4) is 0 Å². The number of halogens is 1. The molecular formula is C14H23FN2O5. The van der Waals surface area contributed by atoms with E-state index in [1.54, 1.807) is 0 Å². The third-order valence-electron chi connectivity index (χ3n) is 3.38. The fourth-order valence-corrected chi connectivity index (χ4v) is 2.04. The molecule has 3 amide bonds. The molecule has 126 valence electrons. The van der Waals surface area contributed by atoms with Crippen molar-refractivity contribution in [2.45, 2.75) is 44.9 Å². The molecule has 0 aromatic heterocycles. The van der Waals surface area contributed by atoms with Gasteiger partial charge in [0.1, 0.15) is 0 Å². The first-order chi connectivity index (χ1) is 10.3. The molecule has 8 heteroatoms. The molecule has 1 rings (SSSR count). The minimum absolute atomic E-state index is 0.0207. The van der Waals surface area contributed by atoms with Gasteiger partial charge in [0.25, 0.3) is 5.91 Å². The number of hydrogen-bond acceptors (Lipinski definition) is 5. The Labute approximate surface area is 128 Å². The topological polar surface area (TPSA) is 95.9 Å². The molecule has 1 heterocycles. The van der Waals surface area contributed by atoms with E-state index >= 15 is 0 Å². The van der Waals surface area contributed by atoms with Gasteiger partial charge < -0.3 is 15.2 Å². The van der Waals surface area contributed by atoms with Gasteiger partial charge in [0, 0.05) is 26.1 Å². The van der Waals surface area contributed by atoms with Crippen molar-refractivity contribution >= 4 is 17.7 Å². The van der Waals surface area contributed by atoms with E-state index in [2.05, 4.69) is 5.32 Å². The Morgan fingerprint density at radius 1 is 1.50 bits per heavy atom. The molecule has 0 radical (unpaired) electrons. The Hall–Kier alpha value is -1.54. The van der Waals surface area contributed by atoms with E-state index in [-0.39, 0.29) is 38.6 Å². The van der Waals surface area contributed by atoms with Crippen molar-refractivity contribution in [2.75, 3.05) is 26.3 Å². The van der Waals surface area contributed by atoms with Gasteiger partial charge in [-0.25, -0.2) is 4.39 Å². The highest BCUT2D eigenvalue weighted by Gasteiger charge is 2.38. The number of aliphatic hydroxyl groups excluding tert-OH is 1. The predicted molar refractivity (Wildman–Crippen MR) is 75.6 cm³/mol. The van der Waals surface area contributed by atoms with E-state index in [0.29, 0.717) is 6.42 Å². The second-order valence-corrected chi connectivity index (χ2v) is 5.74. The zero-order chi connectivity index (χ0) is 16.8. The molecule has 0 aromatic rings. The van der Waals surface area contributed by atoms with Crippen LogP contribution in [0.15, 0.2) is 0 Å². The fourth-order valence-electron chi connectivity index (χ4n) is 2.04. The maximum atomic E-state index is 13.0. The van der Waals surface area contributed by atoms with Crippen LogP contribution in [0.2, 0.25) is 0 Å². The van der Waals surface area contributed by atoms with E-state index in [1.807, 2.05) is 13.8 Å². The third kappa shape index (κ3) is 5.69. The fraction of sp³-hybridized carbons (Fsp3) is 0.786. The number of rotatable bonds is 9. The van der Waals surface area contributed by atoms with Crippen LogP contribution in [0.4, 0.5) is 4.39 Å². The zero-order valence-corrected chi connectivity index (χ0v) is 12.9. The van der Waals surface area contributed by atoms with Gasteiger partial charge in [0.15, 0.2) is 6.17 Å². The summed E-state index contributed by atoms with van der Waals surface area (Å²) in [5.41, 5.74) is -0.468. The van der Waals surface area contributed by atoms with Gasteiger partial charge in [-0.2, -0.15) is 0 Å². The first-order valence-electron chi connectivity index (χ1n) is 7.26. The first-order valence-corrected chi connectivity index (χ1v) is 7.26. The molecule has 0 saturated carbocycles. The molecule has 1 atom stereocenters. The second kappa shape index (κ2) is 8.19. The smallest absolute Gasteiger partial charge is 0.264 e. The third-order valence-corrected chi connectivity index (χ3v) is 3.38. The number of imide groups is 1. The predicted octanol–water partition coefficient (Wildman–Crippen LogP) is -0.233. The van der Waals surface area contributed by atoms with Crippen LogP contribution in [-0.2, 0) is 19.1 Å². The molecule has 0 bridgehead atoms. The van der Waals surface area contributed by atoms with Crippen molar-refractivity contribution in [1.29, 1.82) is 0 Å². The minimum Gasteiger partial charge on any atom is -0.396 e. The summed E-state index contributed by atoms with van der Waals surface area (Å²) in [6.07, 6.45) is -1.79. The molecule has 1 saturated heterocycles. The molecule has 1 aliphatic heterocycles. The highest BCUT2D eigenvalue weighted by Crippen LogP contribution is 2.16. The van der Waals surface area contributed by atoms with Crippen LogP contribution in [0.25, 0.3) is 0 Å². The normalized spacial score (nSPS) is 18.9. The number of ether oxygens (including phenoxy) is 1. The Kier molecular flexibility index (Phi) is 6.89. The summed E-state index contributed by atoms with van der Waals surface area (Å²) in [6, 6.07) is 0. The minimum atomic E-state index is -1.78. The largest absolute Gasteiger partial charge is 0.396 e. The van der Waals surface area contributed by atoms with Gasteiger partial charge in [0.05, 0.1) is 18.6 Å². The Morgan fingerprint density at radius 2 is 2.18 bits per heavy atom. The van der Waals surface area contributed by atoms with Crippen molar-refractivity contribution in [3.63, 3.8) is 0 Å². The van der Waals surface area contributed by atoms with Gasteiger partial charge in [-0.3, -0.25) is 19.3 Å². The summed E-state index contributed by atoms with van der Waals surface area (Å²) < 4.78 is 18.5. The highest BCUT2D eigenvalue weighted by atomic mass is 19.1. The van der Waals surface area contributed by atoms with E-state index in [0.717, 1.165) is 4.90 Å². The summed E-state index contributed by atoms with van der Waals surface area (Å²) in [5.74, 6) is -1.79. The molecule has 0 aromatic carbocycles. The van der Waals surface area contributed by atoms with Gasteiger partial charge in [-0.1, -0.05) is 0 Å². The van der Waals surface area contributed by atoms with Crippen LogP contribution in [0.5, 0.6) is 0 Å². The maximum absolute atomic E-state index is 13.0. The average Bonchev–Trinajstić information content (AvgIpc) is 2.66. The standard InChI is InChI=1S/C14H23FN2O5/c1-14(2,4-7-18)22-8-5-16-11(19)3-6-17-12(20)9-10(15)13(17)21/h10,18H,3-9H2,1-2H3,(H,16,19). The molecular weight excluding hydrogens is 295 g/mol. The number of hydrogen-bond donors (Lipinski definition) is 2. The number of aliphatic hydroxyl groups is 1. The van der Waals surface area contributed by atoms with Crippen LogP contribution < -0.4 is 5.32 Å². The van der Waals surface area contributed by atoms with Gasteiger partial charge >= 0.3 is 0 Å². The summed E-state index contributed by atoms with van der Waals surface area (Å²) in [6.45, 7) is 4.15. The lowest BCUT2D eigenvalue weighted by atomic mass is 10.1. The number of alkyl halides is 1. The second-order valence-electron chi connectivity index (χ2n) is 5.74. The molecule has 0 spiro atoms. The number of nitrogens with one attached hydrogen (secondary N) is 1. The molecule has 22 heavy (non-hydrogen) atoms. The lowest BCUT2D eigenvalue weighted by Gasteiger charge is -2.24. The lowest BCUT2D eigenvalue weighted by Crippen LogP contribution is -2.37. The molecule has 1 unspecified atom stereocenters. The summed E-state index contributed by atoms with van der Waals surface area (Å²) in [5, 5.41) is 11.4. The summed E-state index contributed by atoms with van der Waals surface area (Å²) in [4.78, 5) is 35.0. The van der Waals surface area contributed by atoms with E-state index in [4.69, 9.17) is 9.84 Å². The Morgan fingerprint density at radius 3 is 2.73 bits per heavy atom. The van der Waals surface area contributed by atoms with E-state index in [1.165, 1.54) is 0 Å². The maximum Gasteiger partial charge on any atom is 0.264 e. The van der Waals surface area contributed by atoms with Gasteiger partial charge in [-0.05, 0) is 20.3 Å². The number of carbonyl (C=O) groups excluding carboxylic acids is 3. The van der Waals surface area contributed by atoms with Crippen LogP contribution >= 0.6 is 0 Å². The van der Waals surface area contributed by atoms with Crippen molar-refractivity contribution in [2.24, 2.45) is 0 Å². The summed E-state index contributed by atoms with van der Waals surface area (Å²) >= 11 is 0. The quantitative estimate of drug-likeness (QED) is 0.452. The van der Waals surface area contributed by atoms with Crippen molar-refractivity contribution in [1.82, 2.24) is 10.2 Å². The molecule has 0 aliphatic carbocycles. The number of nitrogens with zero attached hydrogens (tertiary/aromatic N) is 1. The number of likely N-dealkylation sites (tertiary alicyclic amines) is 1. The van der Waals surface area contributed by atoms with Gasteiger partial charge in [0.2, 0.25) is 11.8 Å². The zero-order valence-electron chi connectivity index (χ0n) is 12.9. The lowest BCUT2D eigenvalue weighted by molar-refractivity contribution is -0.140. The van der Waals surface area contributed by atoms with Crippen LogP contribution in [0.3, 0.4) is 0 Å². The SMILES string of the molecule is CC(C)(CCO)OCCNC(=O)CCN1C(=O)CC(F)C1=O. The number of carbonyl (C=O) groups is 3. The first kappa shape index (κ1) is 18.5. The molecule has 1 fully saturated rings. The average molecular weight is 318 g/mol.